The molecule has 0 bridgehead atoms. The number of halogens is 1. The van der Waals surface area contributed by atoms with Gasteiger partial charge in [0.05, 0.1) is 0 Å². The van der Waals surface area contributed by atoms with Crippen LogP contribution in [0, 0.1) is 6.92 Å². The highest BCUT2D eigenvalue weighted by molar-refractivity contribution is 6.31. The zero-order valence-electron chi connectivity index (χ0n) is 12.2. The summed E-state index contributed by atoms with van der Waals surface area (Å²) in [5.74, 6) is 0.551. The predicted molar refractivity (Wildman–Crippen MR) is 85.4 cm³/mol. The Morgan fingerprint density at radius 3 is 2.10 bits per heavy atom. The van der Waals surface area contributed by atoms with E-state index in [0.29, 0.717) is 10.9 Å². The normalized spacial score (nSPS) is 14.1. The summed E-state index contributed by atoms with van der Waals surface area (Å²) < 4.78 is 0. The van der Waals surface area contributed by atoms with E-state index in [9.17, 15) is 5.11 Å². The van der Waals surface area contributed by atoms with Crippen molar-refractivity contribution < 1.29 is 5.11 Å². The molecule has 0 aliphatic rings. The van der Waals surface area contributed by atoms with Crippen molar-refractivity contribution in [2.24, 2.45) is 0 Å². The summed E-state index contributed by atoms with van der Waals surface area (Å²) in [5, 5.41) is 11.1. The smallest absolute Gasteiger partial charge is 0.104 e. The van der Waals surface area contributed by atoms with Crippen molar-refractivity contribution in [2.75, 3.05) is 0 Å². The topological polar surface area (TPSA) is 20.2 Å². The Morgan fingerprint density at radius 1 is 1.00 bits per heavy atom. The van der Waals surface area contributed by atoms with Gasteiger partial charge in [0.15, 0.2) is 0 Å². The lowest BCUT2D eigenvalue weighted by Gasteiger charge is -2.15. The van der Waals surface area contributed by atoms with Crippen LogP contribution in [0.3, 0.4) is 0 Å². The molecule has 0 saturated carbocycles. The molecule has 2 atom stereocenters. The van der Waals surface area contributed by atoms with Gasteiger partial charge in [0.25, 0.3) is 0 Å². The molecule has 2 aromatic carbocycles. The second-order valence-electron chi connectivity index (χ2n) is 5.39. The lowest BCUT2D eigenvalue weighted by atomic mass is 9.94. The molecule has 2 aromatic rings. The maximum absolute atomic E-state index is 10.4. The second kappa shape index (κ2) is 6.43. The minimum absolute atomic E-state index is 0.551. The van der Waals surface area contributed by atoms with Crippen molar-refractivity contribution in [1.29, 1.82) is 0 Å². The molecule has 0 fully saturated rings. The third-order valence-electron chi connectivity index (χ3n) is 3.95. The maximum atomic E-state index is 10.4. The molecule has 2 heteroatoms. The lowest BCUT2D eigenvalue weighted by molar-refractivity contribution is 0.220. The first-order valence-electron chi connectivity index (χ1n) is 7.07. The summed E-state index contributed by atoms with van der Waals surface area (Å²) in [6, 6.07) is 13.9. The zero-order chi connectivity index (χ0) is 14.7. The van der Waals surface area contributed by atoms with Gasteiger partial charge in [-0.25, -0.2) is 0 Å². The molecule has 0 amide bonds. The van der Waals surface area contributed by atoms with Crippen LogP contribution in [-0.2, 0) is 0 Å². The van der Waals surface area contributed by atoms with Gasteiger partial charge < -0.3 is 5.11 Å². The van der Waals surface area contributed by atoms with Gasteiger partial charge in [0.1, 0.15) is 6.10 Å². The predicted octanol–water partition coefficient (Wildman–Crippen LogP) is 5.24. The van der Waals surface area contributed by atoms with Gasteiger partial charge in [-0.3, -0.25) is 0 Å². The first-order valence-corrected chi connectivity index (χ1v) is 7.44. The highest BCUT2D eigenvalue weighted by Gasteiger charge is 2.12. The van der Waals surface area contributed by atoms with E-state index in [0.717, 1.165) is 23.1 Å². The largest absolute Gasteiger partial charge is 0.384 e. The fraction of sp³-hybridized carbons (Fsp3) is 0.333. The van der Waals surface area contributed by atoms with Crippen molar-refractivity contribution in [3.8, 4) is 0 Å². The van der Waals surface area contributed by atoms with E-state index in [1.54, 1.807) is 0 Å². The lowest BCUT2D eigenvalue weighted by Crippen LogP contribution is -2.01. The number of hydrogen-bond donors (Lipinski definition) is 1. The molecular formula is C18H21ClO. The SMILES string of the molecule is CCC(C)c1ccc(C(O)c2ccc(C)c(Cl)c2)cc1. The molecule has 1 nitrogen and oxygen atoms in total. The average Bonchev–Trinajstić information content (AvgIpc) is 2.48. The molecule has 0 aliphatic carbocycles. The van der Waals surface area contributed by atoms with Gasteiger partial charge >= 0.3 is 0 Å². The third-order valence-corrected chi connectivity index (χ3v) is 4.35. The van der Waals surface area contributed by atoms with Crippen LogP contribution in [0.5, 0.6) is 0 Å². The van der Waals surface area contributed by atoms with E-state index < -0.39 is 6.10 Å². The van der Waals surface area contributed by atoms with Gasteiger partial charge in [-0.05, 0) is 47.6 Å². The summed E-state index contributed by atoms with van der Waals surface area (Å²) in [6.07, 6.45) is 0.495. The molecule has 0 radical (unpaired) electrons. The van der Waals surface area contributed by atoms with E-state index in [-0.39, 0.29) is 0 Å². The van der Waals surface area contributed by atoms with Crippen LogP contribution in [-0.4, -0.2) is 5.11 Å². The highest BCUT2D eigenvalue weighted by atomic mass is 35.5. The van der Waals surface area contributed by atoms with Crippen LogP contribution in [0.4, 0.5) is 0 Å². The number of aryl methyl sites for hydroxylation is 1. The van der Waals surface area contributed by atoms with Crippen LogP contribution in [0.25, 0.3) is 0 Å². The zero-order valence-corrected chi connectivity index (χ0v) is 13.0. The van der Waals surface area contributed by atoms with Crippen molar-refractivity contribution >= 4 is 11.6 Å². The Kier molecular flexibility index (Phi) is 4.85. The number of hydrogen-bond acceptors (Lipinski definition) is 1. The van der Waals surface area contributed by atoms with Gasteiger partial charge in [-0.15, -0.1) is 0 Å². The first-order chi connectivity index (χ1) is 9.52. The molecule has 0 aromatic heterocycles. The molecule has 2 rings (SSSR count). The minimum Gasteiger partial charge on any atom is -0.384 e. The Hall–Kier alpha value is -1.31. The van der Waals surface area contributed by atoms with Crippen LogP contribution >= 0.6 is 11.6 Å². The highest BCUT2D eigenvalue weighted by Crippen LogP contribution is 2.27. The molecule has 106 valence electrons. The fourth-order valence-corrected chi connectivity index (χ4v) is 2.40. The second-order valence-corrected chi connectivity index (χ2v) is 5.79. The van der Waals surface area contributed by atoms with Gasteiger partial charge in [0, 0.05) is 5.02 Å². The maximum Gasteiger partial charge on any atom is 0.104 e. The van der Waals surface area contributed by atoms with E-state index in [1.807, 2.05) is 37.3 Å². The molecular weight excluding hydrogens is 268 g/mol. The van der Waals surface area contributed by atoms with Crippen molar-refractivity contribution in [3.05, 3.63) is 69.7 Å². The minimum atomic E-state index is -0.626. The van der Waals surface area contributed by atoms with E-state index >= 15 is 0 Å². The van der Waals surface area contributed by atoms with Crippen molar-refractivity contribution in [2.45, 2.75) is 39.2 Å². The Bertz CT molecular complexity index is 574. The van der Waals surface area contributed by atoms with Crippen LogP contribution in [0.1, 0.15) is 54.5 Å². The summed E-state index contributed by atoms with van der Waals surface area (Å²) in [4.78, 5) is 0. The first kappa shape index (κ1) is 15.1. The van der Waals surface area contributed by atoms with Crippen LogP contribution in [0.2, 0.25) is 5.02 Å². The molecule has 2 unspecified atom stereocenters. The Balaban J connectivity index is 2.24. The average molecular weight is 289 g/mol. The van der Waals surface area contributed by atoms with Crippen molar-refractivity contribution in [3.63, 3.8) is 0 Å². The molecule has 0 saturated heterocycles. The summed E-state index contributed by atoms with van der Waals surface area (Å²) in [7, 11) is 0. The van der Waals surface area contributed by atoms with Crippen LogP contribution < -0.4 is 0 Å². The number of aliphatic hydroxyl groups excluding tert-OH is 1. The third kappa shape index (κ3) is 3.23. The molecule has 20 heavy (non-hydrogen) atoms. The van der Waals surface area contributed by atoms with E-state index in [4.69, 9.17) is 11.6 Å². The summed E-state index contributed by atoms with van der Waals surface area (Å²) in [5.41, 5.74) is 4.06. The Labute approximate surface area is 126 Å². The summed E-state index contributed by atoms with van der Waals surface area (Å²) >= 11 is 6.12. The standard InChI is InChI=1S/C18H21ClO/c1-4-12(2)14-7-9-15(10-8-14)18(20)16-6-5-13(3)17(19)11-16/h5-12,18,20H,4H2,1-3H3. The molecule has 0 aliphatic heterocycles. The Morgan fingerprint density at radius 2 is 1.55 bits per heavy atom. The molecule has 1 N–H and O–H groups in total. The quantitative estimate of drug-likeness (QED) is 0.815. The van der Waals surface area contributed by atoms with E-state index in [2.05, 4.69) is 26.0 Å². The van der Waals surface area contributed by atoms with Gasteiger partial charge in [-0.2, -0.15) is 0 Å². The molecule has 0 spiro atoms. The fourth-order valence-electron chi connectivity index (χ4n) is 2.21. The van der Waals surface area contributed by atoms with Gasteiger partial charge in [0.2, 0.25) is 0 Å². The van der Waals surface area contributed by atoms with Crippen LogP contribution in [0.15, 0.2) is 42.5 Å². The van der Waals surface area contributed by atoms with E-state index in [1.165, 1.54) is 5.56 Å². The number of benzene rings is 2. The number of aliphatic hydroxyl groups is 1. The van der Waals surface area contributed by atoms with Gasteiger partial charge in [-0.1, -0.05) is 61.8 Å². The molecule has 0 heterocycles. The summed E-state index contributed by atoms with van der Waals surface area (Å²) in [6.45, 7) is 6.35. The van der Waals surface area contributed by atoms with Crippen molar-refractivity contribution in [1.82, 2.24) is 0 Å². The monoisotopic (exact) mass is 288 g/mol. The number of rotatable bonds is 4.